The molecule has 1 atom stereocenters. The second-order valence-corrected chi connectivity index (χ2v) is 5.62. The van der Waals surface area contributed by atoms with Gasteiger partial charge < -0.3 is 9.84 Å². The highest BCUT2D eigenvalue weighted by molar-refractivity contribution is 9.10. The molecule has 0 aromatic heterocycles. The lowest BCUT2D eigenvalue weighted by molar-refractivity contribution is 0.198. The maximum Gasteiger partial charge on any atom is 0.412 e. The molecule has 1 aliphatic heterocycles. The molecule has 4 nitrogen and oxygen atoms in total. The fourth-order valence-electron chi connectivity index (χ4n) is 2.43. The number of rotatable bonds is 3. The second kappa shape index (κ2) is 5.82. The van der Waals surface area contributed by atoms with Crippen molar-refractivity contribution in [3.63, 3.8) is 0 Å². The number of fused-ring (bicyclic) bond motifs is 1. The molecule has 1 amide bonds. The summed E-state index contributed by atoms with van der Waals surface area (Å²) in [6, 6.07) is 3.71. The molecule has 1 aliphatic rings. The van der Waals surface area contributed by atoms with Crippen LogP contribution in [-0.2, 0) is 6.42 Å². The van der Waals surface area contributed by atoms with Gasteiger partial charge in [0.25, 0.3) is 0 Å². The Balaban J connectivity index is 2.46. The van der Waals surface area contributed by atoms with E-state index in [0.717, 1.165) is 40.7 Å². The molecule has 0 bridgehead atoms. The first-order valence-corrected chi connectivity index (χ1v) is 7.31. The number of carbonyl (C=O) groups is 1. The van der Waals surface area contributed by atoms with E-state index in [-0.39, 0.29) is 6.04 Å². The van der Waals surface area contributed by atoms with Gasteiger partial charge in [-0.2, -0.15) is 0 Å². The zero-order valence-electron chi connectivity index (χ0n) is 11.1. The normalized spacial score (nSPS) is 18.1. The van der Waals surface area contributed by atoms with Gasteiger partial charge in [-0.15, -0.1) is 0 Å². The van der Waals surface area contributed by atoms with Gasteiger partial charge in [0.1, 0.15) is 5.75 Å². The zero-order valence-corrected chi connectivity index (χ0v) is 12.7. The molecule has 0 aliphatic carbocycles. The van der Waals surface area contributed by atoms with E-state index >= 15 is 0 Å². The Morgan fingerprint density at radius 2 is 2.32 bits per heavy atom. The molecular weight excluding hydrogens is 310 g/mol. The van der Waals surface area contributed by atoms with Crippen LogP contribution in [0.2, 0.25) is 0 Å². The van der Waals surface area contributed by atoms with Crippen molar-refractivity contribution in [1.82, 2.24) is 0 Å². The summed E-state index contributed by atoms with van der Waals surface area (Å²) in [6.45, 7) is 4.62. The van der Waals surface area contributed by atoms with E-state index in [2.05, 4.69) is 22.9 Å². The number of nitrogens with zero attached hydrogens (tertiary/aromatic N) is 1. The Labute approximate surface area is 121 Å². The molecule has 0 saturated carbocycles. The average Bonchev–Trinajstić information content (AvgIpc) is 2.37. The highest BCUT2D eigenvalue weighted by Crippen LogP contribution is 2.41. The monoisotopic (exact) mass is 327 g/mol. The van der Waals surface area contributed by atoms with Crippen molar-refractivity contribution in [3.8, 4) is 5.75 Å². The number of halogens is 1. The van der Waals surface area contributed by atoms with E-state index in [1.807, 2.05) is 19.1 Å². The smallest absolute Gasteiger partial charge is 0.412 e. The predicted octanol–water partition coefficient (Wildman–Crippen LogP) is 4.06. The van der Waals surface area contributed by atoms with E-state index in [4.69, 9.17) is 4.74 Å². The molecule has 0 saturated heterocycles. The average molecular weight is 328 g/mol. The molecule has 0 spiro atoms. The van der Waals surface area contributed by atoms with Crippen LogP contribution in [0, 0.1) is 0 Å². The summed E-state index contributed by atoms with van der Waals surface area (Å²) < 4.78 is 6.67. The number of benzene rings is 1. The van der Waals surface area contributed by atoms with Crippen LogP contribution in [0.15, 0.2) is 16.6 Å². The standard InChI is InChI=1S/C14H18BrNO3/c1-3-8-19-13-10-5-4-9(2)16(14(17)18)12(10)7-6-11(13)15/h6-7,9H,3-5,8H2,1-2H3,(H,17,18). The third kappa shape index (κ3) is 2.71. The minimum Gasteiger partial charge on any atom is -0.492 e. The number of anilines is 1. The van der Waals surface area contributed by atoms with Crippen LogP contribution in [0.3, 0.4) is 0 Å². The fraction of sp³-hybridized carbons (Fsp3) is 0.500. The first-order valence-electron chi connectivity index (χ1n) is 6.52. The summed E-state index contributed by atoms with van der Waals surface area (Å²) in [5, 5.41) is 9.37. The van der Waals surface area contributed by atoms with E-state index in [1.54, 1.807) is 0 Å². The number of hydrogen-bond acceptors (Lipinski definition) is 2. The fourth-order valence-corrected chi connectivity index (χ4v) is 2.91. The van der Waals surface area contributed by atoms with Crippen molar-refractivity contribution in [1.29, 1.82) is 0 Å². The maximum atomic E-state index is 11.4. The van der Waals surface area contributed by atoms with Crippen molar-refractivity contribution in [2.75, 3.05) is 11.5 Å². The molecule has 1 N–H and O–H groups in total. The lowest BCUT2D eigenvalue weighted by atomic mass is 9.96. The van der Waals surface area contributed by atoms with Crippen LogP contribution in [0.25, 0.3) is 0 Å². The summed E-state index contributed by atoms with van der Waals surface area (Å²) >= 11 is 3.49. The van der Waals surface area contributed by atoms with Crippen LogP contribution in [0.5, 0.6) is 5.75 Å². The molecule has 1 heterocycles. The van der Waals surface area contributed by atoms with Gasteiger partial charge in [0, 0.05) is 11.6 Å². The quantitative estimate of drug-likeness (QED) is 0.910. The van der Waals surface area contributed by atoms with Crippen LogP contribution in [-0.4, -0.2) is 23.8 Å². The maximum absolute atomic E-state index is 11.4. The molecule has 104 valence electrons. The Bertz CT molecular complexity index is 490. The van der Waals surface area contributed by atoms with Gasteiger partial charge in [0.15, 0.2) is 0 Å². The number of hydrogen-bond donors (Lipinski definition) is 1. The highest BCUT2D eigenvalue weighted by Gasteiger charge is 2.30. The first-order chi connectivity index (χ1) is 9.06. The molecule has 1 unspecified atom stereocenters. The molecule has 1 aromatic carbocycles. The van der Waals surface area contributed by atoms with Gasteiger partial charge in [0.05, 0.1) is 16.8 Å². The summed E-state index contributed by atoms with van der Waals surface area (Å²) in [5.41, 5.74) is 1.74. The third-order valence-corrected chi connectivity index (χ3v) is 3.98. The molecule has 1 aromatic rings. The summed E-state index contributed by atoms with van der Waals surface area (Å²) in [6.07, 6.45) is 1.68. The van der Waals surface area contributed by atoms with E-state index in [1.165, 1.54) is 4.90 Å². The third-order valence-electron chi connectivity index (χ3n) is 3.36. The van der Waals surface area contributed by atoms with Crippen LogP contribution in [0.1, 0.15) is 32.3 Å². The minimum absolute atomic E-state index is 0.00482. The van der Waals surface area contributed by atoms with Crippen molar-refractivity contribution >= 4 is 27.7 Å². The van der Waals surface area contributed by atoms with Crippen molar-refractivity contribution in [3.05, 3.63) is 22.2 Å². The lowest BCUT2D eigenvalue weighted by Gasteiger charge is -2.34. The Kier molecular flexibility index (Phi) is 4.34. The molecule has 5 heteroatoms. The van der Waals surface area contributed by atoms with E-state index in [0.29, 0.717) is 6.61 Å². The Morgan fingerprint density at radius 1 is 1.58 bits per heavy atom. The largest absolute Gasteiger partial charge is 0.492 e. The summed E-state index contributed by atoms with van der Waals surface area (Å²) in [5.74, 6) is 0.789. The van der Waals surface area contributed by atoms with Gasteiger partial charge in [-0.3, -0.25) is 4.90 Å². The minimum atomic E-state index is -0.905. The number of carboxylic acid groups (broad SMARTS) is 1. The Hall–Kier alpha value is -1.23. The van der Waals surface area contributed by atoms with Gasteiger partial charge in [-0.05, 0) is 54.2 Å². The van der Waals surface area contributed by atoms with Gasteiger partial charge >= 0.3 is 6.09 Å². The van der Waals surface area contributed by atoms with Crippen molar-refractivity contribution < 1.29 is 14.6 Å². The summed E-state index contributed by atoms with van der Waals surface area (Å²) in [7, 11) is 0. The zero-order chi connectivity index (χ0) is 14.0. The number of ether oxygens (including phenoxy) is 1. The van der Waals surface area contributed by atoms with Gasteiger partial charge in [-0.25, -0.2) is 4.79 Å². The van der Waals surface area contributed by atoms with Gasteiger partial charge in [-0.1, -0.05) is 6.92 Å². The summed E-state index contributed by atoms with van der Waals surface area (Å²) in [4.78, 5) is 12.8. The van der Waals surface area contributed by atoms with Crippen LogP contribution < -0.4 is 9.64 Å². The first kappa shape index (κ1) is 14.2. The second-order valence-electron chi connectivity index (χ2n) is 4.76. The Morgan fingerprint density at radius 3 is 2.95 bits per heavy atom. The van der Waals surface area contributed by atoms with Crippen LogP contribution in [0.4, 0.5) is 10.5 Å². The number of amides is 1. The predicted molar refractivity (Wildman–Crippen MR) is 78.2 cm³/mol. The molecular formula is C14H18BrNO3. The topological polar surface area (TPSA) is 49.8 Å². The molecule has 0 radical (unpaired) electrons. The highest BCUT2D eigenvalue weighted by atomic mass is 79.9. The SMILES string of the molecule is CCCOc1c(Br)ccc2c1CCC(C)N2C(=O)O. The van der Waals surface area contributed by atoms with Crippen molar-refractivity contribution in [2.45, 2.75) is 39.2 Å². The lowest BCUT2D eigenvalue weighted by Crippen LogP contribution is -2.41. The van der Waals surface area contributed by atoms with Crippen LogP contribution >= 0.6 is 15.9 Å². The van der Waals surface area contributed by atoms with Crippen molar-refractivity contribution in [2.24, 2.45) is 0 Å². The molecule has 19 heavy (non-hydrogen) atoms. The van der Waals surface area contributed by atoms with E-state index in [9.17, 15) is 9.90 Å². The molecule has 2 rings (SSSR count). The van der Waals surface area contributed by atoms with E-state index < -0.39 is 6.09 Å². The van der Waals surface area contributed by atoms with Gasteiger partial charge in [0.2, 0.25) is 0 Å². The molecule has 0 fully saturated rings.